The van der Waals surface area contributed by atoms with Crippen molar-refractivity contribution in [3.05, 3.63) is 12.2 Å². The first kappa shape index (κ1) is 9.09. The Labute approximate surface area is 82.3 Å². The molecule has 0 spiro atoms. The van der Waals surface area contributed by atoms with E-state index < -0.39 is 0 Å². The van der Waals surface area contributed by atoms with Gasteiger partial charge in [-0.1, -0.05) is 12.2 Å². The number of thioether (sulfide) groups is 1. The van der Waals surface area contributed by atoms with Gasteiger partial charge in [0, 0.05) is 18.2 Å². The van der Waals surface area contributed by atoms with Crippen molar-refractivity contribution >= 4 is 17.7 Å². The molecule has 3 nitrogen and oxygen atoms in total. The van der Waals surface area contributed by atoms with Gasteiger partial charge < -0.3 is 5.32 Å². The molecular weight excluding hydrogens is 184 g/mol. The smallest absolute Gasteiger partial charge is 0.218 e. The summed E-state index contributed by atoms with van der Waals surface area (Å²) in [6.45, 7) is 1.56. The van der Waals surface area contributed by atoms with E-state index in [4.69, 9.17) is 0 Å². The fourth-order valence-corrected chi connectivity index (χ4v) is 3.20. The molecule has 1 amide bonds. The number of hydrogen-bond acceptors (Lipinski definition) is 3. The van der Waals surface area contributed by atoms with E-state index in [2.05, 4.69) is 22.8 Å². The summed E-state index contributed by atoms with van der Waals surface area (Å²) in [6.07, 6.45) is 6.81. The fraction of sp³-hybridized carbons (Fsp3) is 0.667. The molecule has 2 aliphatic rings. The van der Waals surface area contributed by atoms with Crippen LogP contribution in [-0.2, 0) is 4.79 Å². The summed E-state index contributed by atoms with van der Waals surface area (Å²) in [5, 5.41) is 6.89. The predicted molar refractivity (Wildman–Crippen MR) is 54.3 cm³/mol. The van der Waals surface area contributed by atoms with Gasteiger partial charge in [-0.05, 0) is 12.8 Å². The number of rotatable bonds is 1. The van der Waals surface area contributed by atoms with E-state index in [9.17, 15) is 4.79 Å². The lowest BCUT2D eigenvalue weighted by Gasteiger charge is -2.17. The molecule has 1 aliphatic heterocycles. The zero-order valence-corrected chi connectivity index (χ0v) is 8.43. The van der Waals surface area contributed by atoms with Crippen molar-refractivity contribution in [3.8, 4) is 0 Å². The molecule has 13 heavy (non-hydrogen) atoms. The Morgan fingerprint density at radius 2 is 2.54 bits per heavy atom. The van der Waals surface area contributed by atoms with E-state index in [-0.39, 0.29) is 11.4 Å². The fourth-order valence-electron chi connectivity index (χ4n) is 1.77. The van der Waals surface area contributed by atoms with Crippen molar-refractivity contribution < 1.29 is 4.79 Å². The van der Waals surface area contributed by atoms with Gasteiger partial charge in [0.2, 0.25) is 5.91 Å². The van der Waals surface area contributed by atoms with Crippen molar-refractivity contribution in [1.29, 1.82) is 0 Å². The van der Waals surface area contributed by atoms with Gasteiger partial charge in [0.25, 0.3) is 0 Å². The highest BCUT2D eigenvalue weighted by Gasteiger charge is 2.33. The summed E-state index contributed by atoms with van der Waals surface area (Å²) in [5.74, 6) is 0.0348. The van der Waals surface area contributed by atoms with E-state index in [1.54, 1.807) is 6.92 Å². The van der Waals surface area contributed by atoms with Crippen molar-refractivity contribution in [2.24, 2.45) is 0 Å². The van der Waals surface area contributed by atoms with Gasteiger partial charge in [-0.3, -0.25) is 10.1 Å². The average molecular weight is 198 g/mol. The number of allylic oxidation sites excluding steroid dienone is 1. The van der Waals surface area contributed by atoms with Crippen LogP contribution in [0, 0.1) is 0 Å². The third kappa shape index (κ3) is 2.06. The highest BCUT2D eigenvalue weighted by molar-refractivity contribution is 8.00. The molecule has 1 heterocycles. The zero-order valence-electron chi connectivity index (χ0n) is 7.62. The second kappa shape index (κ2) is 3.72. The van der Waals surface area contributed by atoms with E-state index in [1.807, 2.05) is 11.8 Å². The maximum atomic E-state index is 10.8. The molecule has 0 saturated carbocycles. The standard InChI is InChI=1S/C9H14N2OS/c1-6(12)10-9-11-7-4-2-3-5-8(7)13-9/h2,4,7-9,11H,3,5H2,1H3,(H,10,12). The lowest BCUT2D eigenvalue weighted by Crippen LogP contribution is -2.41. The lowest BCUT2D eigenvalue weighted by molar-refractivity contribution is -0.119. The molecule has 2 rings (SSSR count). The number of carbonyl (C=O) groups excluding carboxylic acids is 1. The summed E-state index contributed by atoms with van der Waals surface area (Å²) in [4.78, 5) is 10.8. The van der Waals surface area contributed by atoms with Crippen LogP contribution in [0.1, 0.15) is 19.8 Å². The third-order valence-electron chi connectivity index (χ3n) is 2.35. The second-order valence-corrected chi connectivity index (χ2v) is 4.80. The van der Waals surface area contributed by atoms with Crippen molar-refractivity contribution in [2.75, 3.05) is 0 Å². The van der Waals surface area contributed by atoms with Gasteiger partial charge in [-0.2, -0.15) is 0 Å². The van der Waals surface area contributed by atoms with Crippen LogP contribution >= 0.6 is 11.8 Å². The topological polar surface area (TPSA) is 41.1 Å². The van der Waals surface area contributed by atoms with E-state index in [0.717, 1.165) is 0 Å². The Balaban J connectivity index is 1.93. The first-order chi connectivity index (χ1) is 6.25. The van der Waals surface area contributed by atoms with Crippen LogP contribution in [-0.4, -0.2) is 22.7 Å². The molecular formula is C9H14N2OS. The van der Waals surface area contributed by atoms with E-state index in [0.29, 0.717) is 11.3 Å². The minimum absolute atomic E-state index is 0.0348. The molecule has 3 atom stereocenters. The minimum Gasteiger partial charge on any atom is -0.332 e. The largest absolute Gasteiger partial charge is 0.332 e. The lowest BCUT2D eigenvalue weighted by atomic mass is 10.0. The molecule has 3 unspecified atom stereocenters. The summed E-state index contributed by atoms with van der Waals surface area (Å²) in [5.41, 5.74) is 0.107. The highest BCUT2D eigenvalue weighted by atomic mass is 32.2. The monoisotopic (exact) mass is 198 g/mol. The molecule has 0 aromatic carbocycles. The van der Waals surface area contributed by atoms with Gasteiger partial charge in [0.05, 0.1) is 0 Å². The Hall–Kier alpha value is -0.480. The summed E-state index contributed by atoms with van der Waals surface area (Å²) in [7, 11) is 0. The van der Waals surface area contributed by atoms with Gasteiger partial charge in [0.1, 0.15) is 5.50 Å². The van der Waals surface area contributed by atoms with Crippen LogP contribution in [0.3, 0.4) is 0 Å². The van der Waals surface area contributed by atoms with Crippen molar-refractivity contribution in [2.45, 2.75) is 36.6 Å². The van der Waals surface area contributed by atoms with Crippen LogP contribution in [0.4, 0.5) is 0 Å². The van der Waals surface area contributed by atoms with Crippen molar-refractivity contribution in [1.82, 2.24) is 10.6 Å². The first-order valence-corrected chi connectivity index (χ1v) is 5.55. The number of amides is 1. The molecule has 72 valence electrons. The van der Waals surface area contributed by atoms with Crippen LogP contribution < -0.4 is 10.6 Å². The molecule has 0 aromatic rings. The Bertz CT molecular complexity index is 242. The molecule has 0 aromatic heterocycles. The normalized spacial score (nSPS) is 37.2. The number of hydrogen-bond donors (Lipinski definition) is 2. The molecule has 0 radical (unpaired) electrons. The van der Waals surface area contributed by atoms with Gasteiger partial charge in [-0.25, -0.2) is 0 Å². The maximum Gasteiger partial charge on any atom is 0.218 e. The SMILES string of the molecule is CC(=O)NC1NC2C=CCCC2S1. The van der Waals surface area contributed by atoms with Crippen LogP contribution in [0.5, 0.6) is 0 Å². The molecule has 1 fully saturated rings. The number of carbonyl (C=O) groups is 1. The maximum absolute atomic E-state index is 10.8. The molecule has 1 saturated heterocycles. The summed E-state index contributed by atoms with van der Waals surface area (Å²) >= 11 is 1.83. The van der Waals surface area contributed by atoms with Gasteiger partial charge >= 0.3 is 0 Å². The Kier molecular flexibility index (Phi) is 2.60. The Morgan fingerprint density at radius 1 is 1.69 bits per heavy atom. The van der Waals surface area contributed by atoms with Crippen molar-refractivity contribution in [3.63, 3.8) is 0 Å². The molecule has 1 aliphatic carbocycles. The number of nitrogens with one attached hydrogen (secondary N) is 2. The molecule has 4 heteroatoms. The first-order valence-electron chi connectivity index (χ1n) is 4.61. The number of fused-ring (bicyclic) bond motifs is 1. The summed E-state index contributed by atoms with van der Waals surface area (Å²) < 4.78 is 0. The van der Waals surface area contributed by atoms with Crippen LogP contribution in [0.25, 0.3) is 0 Å². The Morgan fingerprint density at radius 3 is 3.23 bits per heavy atom. The summed E-state index contributed by atoms with van der Waals surface area (Å²) in [6, 6.07) is 0.454. The highest BCUT2D eigenvalue weighted by Crippen LogP contribution is 2.32. The van der Waals surface area contributed by atoms with Crippen LogP contribution in [0.2, 0.25) is 0 Å². The van der Waals surface area contributed by atoms with Gasteiger partial charge in [-0.15, -0.1) is 11.8 Å². The average Bonchev–Trinajstić information content (AvgIpc) is 2.44. The predicted octanol–water partition coefficient (Wildman–Crippen LogP) is 0.830. The van der Waals surface area contributed by atoms with Crippen LogP contribution in [0.15, 0.2) is 12.2 Å². The van der Waals surface area contributed by atoms with E-state index >= 15 is 0 Å². The third-order valence-corrected chi connectivity index (χ3v) is 3.76. The van der Waals surface area contributed by atoms with Gasteiger partial charge in [0.15, 0.2) is 0 Å². The quantitative estimate of drug-likeness (QED) is 0.613. The van der Waals surface area contributed by atoms with E-state index in [1.165, 1.54) is 12.8 Å². The molecule has 0 bridgehead atoms. The second-order valence-electron chi connectivity index (χ2n) is 3.45. The minimum atomic E-state index is 0.0348. The molecule has 2 N–H and O–H groups in total. The zero-order chi connectivity index (χ0) is 9.26.